The van der Waals surface area contributed by atoms with E-state index in [0.717, 1.165) is 0 Å². The van der Waals surface area contributed by atoms with Crippen LogP contribution >= 0.6 is 0 Å². The Morgan fingerprint density at radius 2 is 1.84 bits per heavy atom. The maximum atomic E-state index is 13.5. The van der Waals surface area contributed by atoms with Crippen molar-refractivity contribution in [3.63, 3.8) is 0 Å². The molecule has 0 aliphatic rings. The van der Waals surface area contributed by atoms with Gasteiger partial charge >= 0.3 is 6.18 Å². The van der Waals surface area contributed by atoms with Gasteiger partial charge in [0.25, 0.3) is 0 Å². The van der Waals surface area contributed by atoms with Crippen molar-refractivity contribution < 1.29 is 26.8 Å². The van der Waals surface area contributed by atoms with Crippen molar-refractivity contribution in [3.8, 4) is 0 Å². The lowest BCUT2D eigenvalue weighted by Crippen LogP contribution is -2.09. The zero-order valence-corrected chi connectivity index (χ0v) is 9.72. The molecule has 6 heteroatoms. The van der Waals surface area contributed by atoms with E-state index in [4.69, 9.17) is 4.42 Å². The summed E-state index contributed by atoms with van der Waals surface area (Å²) in [6.07, 6.45) is -4.64. The number of benzene rings is 1. The molecule has 19 heavy (non-hydrogen) atoms. The first-order valence-corrected chi connectivity index (χ1v) is 5.27. The van der Waals surface area contributed by atoms with Crippen molar-refractivity contribution in [1.82, 2.24) is 0 Å². The van der Waals surface area contributed by atoms with Crippen molar-refractivity contribution in [2.45, 2.75) is 13.1 Å². The number of hydrogen-bond donors (Lipinski definition) is 0. The van der Waals surface area contributed by atoms with Gasteiger partial charge in [0.15, 0.2) is 5.76 Å². The first-order valence-electron chi connectivity index (χ1n) is 5.27. The number of alkyl halides is 3. The maximum absolute atomic E-state index is 13.5. The molecule has 0 amide bonds. The standard InChI is InChI=1S/C13H8F4O2/c1-7-2-5-11(19-7)12(18)9-6-8(13(15,16)17)3-4-10(9)14/h2-6H,1H3. The highest BCUT2D eigenvalue weighted by molar-refractivity contribution is 6.07. The molecule has 0 saturated carbocycles. The number of aryl methyl sites for hydroxylation is 1. The number of furan rings is 1. The molecule has 0 spiro atoms. The molecule has 1 aromatic heterocycles. The predicted molar refractivity (Wildman–Crippen MR) is 58.3 cm³/mol. The highest BCUT2D eigenvalue weighted by Crippen LogP contribution is 2.31. The summed E-state index contributed by atoms with van der Waals surface area (Å²) in [7, 11) is 0. The molecule has 0 fully saturated rings. The predicted octanol–water partition coefficient (Wildman–Crippen LogP) is 3.98. The van der Waals surface area contributed by atoms with Gasteiger partial charge in [-0.05, 0) is 37.3 Å². The van der Waals surface area contributed by atoms with Crippen molar-refractivity contribution in [2.75, 3.05) is 0 Å². The molecular formula is C13H8F4O2. The molecule has 0 N–H and O–H groups in total. The quantitative estimate of drug-likeness (QED) is 0.611. The van der Waals surface area contributed by atoms with Gasteiger partial charge in [0, 0.05) is 0 Å². The Morgan fingerprint density at radius 3 is 2.37 bits per heavy atom. The van der Waals surface area contributed by atoms with E-state index in [1.54, 1.807) is 6.92 Å². The van der Waals surface area contributed by atoms with Gasteiger partial charge < -0.3 is 4.42 Å². The molecular weight excluding hydrogens is 264 g/mol. The Labute approximate surface area is 105 Å². The summed E-state index contributed by atoms with van der Waals surface area (Å²) in [6, 6.07) is 4.44. The molecule has 1 heterocycles. The second-order valence-corrected chi connectivity index (χ2v) is 3.93. The Balaban J connectivity index is 2.47. The average molecular weight is 272 g/mol. The number of rotatable bonds is 2. The summed E-state index contributed by atoms with van der Waals surface area (Å²) in [5, 5.41) is 0. The van der Waals surface area contributed by atoms with Gasteiger partial charge in [-0.2, -0.15) is 13.2 Å². The van der Waals surface area contributed by atoms with Crippen LogP contribution in [0.2, 0.25) is 0 Å². The summed E-state index contributed by atoms with van der Waals surface area (Å²) in [6.45, 7) is 1.57. The van der Waals surface area contributed by atoms with E-state index in [2.05, 4.69) is 0 Å². The molecule has 0 aliphatic carbocycles. The zero-order chi connectivity index (χ0) is 14.2. The van der Waals surface area contributed by atoms with Gasteiger partial charge in [-0.1, -0.05) is 0 Å². The van der Waals surface area contributed by atoms with Crippen LogP contribution in [0.4, 0.5) is 17.6 Å². The minimum Gasteiger partial charge on any atom is -0.458 e. The van der Waals surface area contributed by atoms with Crippen LogP contribution in [0.1, 0.15) is 27.4 Å². The molecule has 2 rings (SSSR count). The minimum absolute atomic E-state index is 0.198. The van der Waals surface area contributed by atoms with Gasteiger partial charge in [0.2, 0.25) is 5.78 Å². The second-order valence-electron chi connectivity index (χ2n) is 3.93. The van der Waals surface area contributed by atoms with E-state index in [1.165, 1.54) is 12.1 Å². The fraction of sp³-hybridized carbons (Fsp3) is 0.154. The lowest BCUT2D eigenvalue weighted by Gasteiger charge is -2.08. The summed E-state index contributed by atoms with van der Waals surface area (Å²) in [5.74, 6) is -1.73. The zero-order valence-electron chi connectivity index (χ0n) is 9.72. The fourth-order valence-corrected chi connectivity index (χ4v) is 1.56. The van der Waals surface area contributed by atoms with E-state index in [0.29, 0.717) is 24.0 Å². The number of hydrogen-bond acceptors (Lipinski definition) is 2. The summed E-state index contributed by atoms with van der Waals surface area (Å²) >= 11 is 0. The van der Waals surface area contributed by atoms with Gasteiger partial charge in [0.1, 0.15) is 11.6 Å². The highest BCUT2D eigenvalue weighted by atomic mass is 19.4. The number of ketones is 1. The lowest BCUT2D eigenvalue weighted by atomic mass is 10.0. The Morgan fingerprint density at radius 1 is 1.16 bits per heavy atom. The molecule has 0 bridgehead atoms. The SMILES string of the molecule is Cc1ccc(C(=O)c2cc(C(F)(F)F)ccc2F)o1. The molecule has 0 radical (unpaired) electrons. The van der Waals surface area contributed by atoms with E-state index in [-0.39, 0.29) is 5.76 Å². The van der Waals surface area contributed by atoms with Crippen molar-refractivity contribution in [3.05, 3.63) is 58.8 Å². The minimum atomic E-state index is -4.64. The molecule has 100 valence electrons. The van der Waals surface area contributed by atoms with Crippen LogP contribution in [0.3, 0.4) is 0 Å². The lowest BCUT2D eigenvalue weighted by molar-refractivity contribution is -0.137. The van der Waals surface area contributed by atoms with Crippen LogP contribution in [-0.4, -0.2) is 5.78 Å². The van der Waals surface area contributed by atoms with Crippen LogP contribution in [0, 0.1) is 12.7 Å². The van der Waals surface area contributed by atoms with E-state index in [9.17, 15) is 22.4 Å². The largest absolute Gasteiger partial charge is 0.458 e. The van der Waals surface area contributed by atoms with Gasteiger partial charge in [0.05, 0.1) is 11.1 Å². The van der Waals surface area contributed by atoms with Crippen molar-refractivity contribution in [2.24, 2.45) is 0 Å². The third kappa shape index (κ3) is 2.67. The average Bonchev–Trinajstić information content (AvgIpc) is 2.74. The molecule has 0 atom stereocenters. The molecule has 0 unspecified atom stereocenters. The van der Waals surface area contributed by atoms with Gasteiger partial charge in [-0.3, -0.25) is 4.79 Å². The van der Waals surface area contributed by atoms with Crippen LogP contribution in [-0.2, 0) is 6.18 Å². The van der Waals surface area contributed by atoms with Crippen LogP contribution in [0.15, 0.2) is 34.7 Å². The summed E-state index contributed by atoms with van der Waals surface area (Å²) < 4.78 is 56.0. The van der Waals surface area contributed by atoms with Gasteiger partial charge in [-0.15, -0.1) is 0 Å². The highest BCUT2D eigenvalue weighted by Gasteiger charge is 2.32. The monoisotopic (exact) mass is 272 g/mol. The van der Waals surface area contributed by atoms with Crippen LogP contribution in [0.25, 0.3) is 0 Å². The Bertz CT molecular complexity index is 626. The third-order valence-corrected chi connectivity index (χ3v) is 2.50. The van der Waals surface area contributed by atoms with Crippen LogP contribution < -0.4 is 0 Å². The molecule has 0 saturated heterocycles. The number of carbonyl (C=O) groups is 1. The smallest absolute Gasteiger partial charge is 0.416 e. The topological polar surface area (TPSA) is 30.2 Å². The second kappa shape index (κ2) is 4.53. The Kier molecular flexibility index (Phi) is 3.18. The number of carbonyl (C=O) groups excluding carboxylic acids is 1. The fourth-order valence-electron chi connectivity index (χ4n) is 1.56. The van der Waals surface area contributed by atoms with Gasteiger partial charge in [-0.25, -0.2) is 4.39 Å². The summed E-state index contributed by atoms with van der Waals surface area (Å²) in [4.78, 5) is 11.9. The third-order valence-electron chi connectivity index (χ3n) is 2.50. The molecule has 2 nitrogen and oxygen atoms in total. The van der Waals surface area contributed by atoms with E-state index >= 15 is 0 Å². The van der Waals surface area contributed by atoms with Crippen molar-refractivity contribution >= 4 is 5.78 Å². The Hall–Kier alpha value is -2.11. The first kappa shape index (κ1) is 13.3. The van der Waals surface area contributed by atoms with E-state index in [1.807, 2.05) is 0 Å². The normalized spacial score (nSPS) is 11.6. The van der Waals surface area contributed by atoms with Crippen molar-refractivity contribution in [1.29, 1.82) is 0 Å². The van der Waals surface area contributed by atoms with E-state index < -0.39 is 28.9 Å². The first-order chi connectivity index (χ1) is 8.79. The maximum Gasteiger partial charge on any atom is 0.416 e. The summed E-state index contributed by atoms with van der Waals surface area (Å²) in [5.41, 5.74) is -1.75. The molecule has 2 aromatic rings. The van der Waals surface area contributed by atoms with Crippen LogP contribution in [0.5, 0.6) is 0 Å². The molecule has 1 aromatic carbocycles. The number of halogens is 4. The molecule has 0 aliphatic heterocycles.